The lowest BCUT2D eigenvalue weighted by Gasteiger charge is -2.38. The van der Waals surface area contributed by atoms with Crippen LogP contribution in [0.25, 0.3) is 0 Å². The van der Waals surface area contributed by atoms with E-state index < -0.39 is 0 Å². The van der Waals surface area contributed by atoms with Crippen LogP contribution < -0.4 is 10.2 Å². The molecule has 32 heavy (non-hydrogen) atoms. The third kappa shape index (κ3) is 4.51. The topological polar surface area (TPSA) is 93.4 Å². The van der Waals surface area contributed by atoms with Crippen LogP contribution in [0.4, 0.5) is 5.95 Å². The summed E-state index contributed by atoms with van der Waals surface area (Å²) < 4.78 is 11.2. The molecule has 1 fully saturated rings. The van der Waals surface area contributed by atoms with Crippen LogP contribution in [0.15, 0.2) is 10.7 Å². The number of carbonyl (C=O) groups excluding carboxylic acids is 1. The van der Waals surface area contributed by atoms with Crippen LogP contribution in [0.3, 0.4) is 0 Å². The molecule has 2 aliphatic rings. The summed E-state index contributed by atoms with van der Waals surface area (Å²) in [6, 6.07) is -0.160. The lowest BCUT2D eigenvalue weighted by molar-refractivity contribution is -0.00575. The smallest absolute Gasteiger partial charge is 0.257 e. The van der Waals surface area contributed by atoms with Crippen LogP contribution >= 0.6 is 0 Å². The number of aryl methyl sites for hydroxylation is 1. The molecule has 2 aromatic rings. The fraction of sp³-hybridized carbons (Fsp3) is 0.667. The Bertz CT molecular complexity index is 990. The molecule has 0 bridgehead atoms. The number of carbonyl (C=O) groups is 1. The molecule has 3 atom stereocenters. The summed E-state index contributed by atoms with van der Waals surface area (Å²) in [5.41, 5.74) is 3.24. The SMILES string of the molecule is Cc1onc(C(C)C)c1C(=O)N[C@@H]1CC(C)(C)Cc2nc(N3C[C@H](C)O[C@@H](C)C3)ncc21. The van der Waals surface area contributed by atoms with Crippen LogP contribution in [-0.2, 0) is 11.2 Å². The summed E-state index contributed by atoms with van der Waals surface area (Å²) in [4.78, 5) is 25.1. The van der Waals surface area contributed by atoms with Gasteiger partial charge in [-0.05, 0) is 44.9 Å². The van der Waals surface area contributed by atoms with E-state index >= 15 is 0 Å². The van der Waals surface area contributed by atoms with Crippen LogP contribution in [-0.4, -0.2) is 46.3 Å². The molecule has 0 unspecified atom stereocenters. The zero-order valence-electron chi connectivity index (χ0n) is 20.2. The maximum absolute atomic E-state index is 13.3. The second-order valence-electron chi connectivity index (χ2n) is 10.5. The second-order valence-corrected chi connectivity index (χ2v) is 10.5. The zero-order valence-corrected chi connectivity index (χ0v) is 20.2. The predicted octanol–water partition coefficient (Wildman–Crippen LogP) is 3.95. The minimum absolute atomic E-state index is 0.00668. The normalized spacial score (nSPS) is 25.0. The first-order valence-electron chi connectivity index (χ1n) is 11.6. The number of amides is 1. The zero-order chi connectivity index (χ0) is 23.2. The van der Waals surface area contributed by atoms with Gasteiger partial charge in [-0.2, -0.15) is 0 Å². The van der Waals surface area contributed by atoms with E-state index in [2.05, 4.69) is 43.1 Å². The Balaban J connectivity index is 1.62. The van der Waals surface area contributed by atoms with Crippen LogP contribution in [0, 0.1) is 12.3 Å². The molecule has 8 nitrogen and oxygen atoms in total. The summed E-state index contributed by atoms with van der Waals surface area (Å²) in [7, 11) is 0. The molecule has 2 aromatic heterocycles. The molecule has 1 N–H and O–H groups in total. The fourth-order valence-electron chi connectivity index (χ4n) is 4.95. The van der Waals surface area contributed by atoms with Gasteiger partial charge >= 0.3 is 0 Å². The third-order valence-corrected chi connectivity index (χ3v) is 6.34. The van der Waals surface area contributed by atoms with E-state index in [-0.39, 0.29) is 35.5 Å². The van der Waals surface area contributed by atoms with Crippen molar-refractivity contribution in [3.63, 3.8) is 0 Å². The fourth-order valence-corrected chi connectivity index (χ4v) is 4.95. The monoisotopic (exact) mass is 441 g/mol. The standard InChI is InChI=1S/C24H35N5O3/c1-13(2)21-20(16(5)32-28-21)22(30)26-18-8-24(6,7)9-19-17(18)10-25-23(27-19)29-11-14(3)31-15(4)12-29/h10,13-15,18H,8-9,11-12H2,1-7H3,(H,26,30)/t14-,15-,18+/m0/s1. The largest absolute Gasteiger partial charge is 0.372 e. The molecule has 174 valence electrons. The van der Waals surface area contributed by atoms with Gasteiger partial charge in [-0.1, -0.05) is 32.9 Å². The van der Waals surface area contributed by atoms with Gasteiger partial charge in [0.15, 0.2) is 0 Å². The van der Waals surface area contributed by atoms with Crippen molar-refractivity contribution < 1.29 is 14.1 Å². The highest BCUT2D eigenvalue weighted by Crippen LogP contribution is 2.40. The Morgan fingerprint density at radius 2 is 1.94 bits per heavy atom. The minimum Gasteiger partial charge on any atom is -0.372 e. The van der Waals surface area contributed by atoms with Crippen molar-refractivity contribution >= 4 is 11.9 Å². The number of nitrogens with one attached hydrogen (secondary N) is 1. The molecule has 1 aliphatic carbocycles. The third-order valence-electron chi connectivity index (χ3n) is 6.34. The summed E-state index contributed by atoms with van der Waals surface area (Å²) in [6.07, 6.45) is 3.85. The quantitative estimate of drug-likeness (QED) is 0.768. The van der Waals surface area contributed by atoms with E-state index in [1.807, 2.05) is 20.0 Å². The molecule has 0 aromatic carbocycles. The van der Waals surface area contributed by atoms with E-state index in [1.54, 1.807) is 6.92 Å². The van der Waals surface area contributed by atoms with Gasteiger partial charge in [0, 0.05) is 24.8 Å². The Labute approximate surface area is 190 Å². The Morgan fingerprint density at radius 1 is 1.25 bits per heavy atom. The number of aromatic nitrogens is 3. The predicted molar refractivity (Wildman–Crippen MR) is 122 cm³/mol. The van der Waals surface area contributed by atoms with Gasteiger partial charge in [0.05, 0.1) is 29.6 Å². The first kappa shape index (κ1) is 22.7. The van der Waals surface area contributed by atoms with E-state index in [0.717, 1.165) is 43.1 Å². The van der Waals surface area contributed by atoms with E-state index in [9.17, 15) is 4.79 Å². The number of hydrogen-bond donors (Lipinski definition) is 1. The van der Waals surface area contributed by atoms with Crippen molar-refractivity contribution in [2.75, 3.05) is 18.0 Å². The van der Waals surface area contributed by atoms with Gasteiger partial charge in [0.25, 0.3) is 5.91 Å². The maximum Gasteiger partial charge on any atom is 0.257 e. The number of hydrogen-bond acceptors (Lipinski definition) is 7. The van der Waals surface area contributed by atoms with Gasteiger partial charge in [0.2, 0.25) is 5.95 Å². The molecule has 4 rings (SSSR count). The van der Waals surface area contributed by atoms with Gasteiger partial charge in [0.1, 0.15) is 11.3 Å². The van der Waals surface area contributed by atoms with Gasteiger partial charge in [-0.25, -0.2) is 9.97 Å². The summed E-state index contributed by atoms with van der Waals surface area (Å²) in [6.45, 7) is 16.0. The lowest BCUT2D eigenvalue weighted by atomic mass is 9.74. The van der Waals surface area contributed by atoms with E-state index in [1.165, 1.54) is 0 Å². The van der Waals surface area contributed by atoms with Gasteiger partial charge < -0.3 is 19.5 Å². The van der Waals surface area contributed by atoms with Gasteiger partial charge in [-0.15, -0.1) is 0 Å². The first-order chi connectivity index (χ1) is 15.0. The van der Waals surface area contributed by atoms with Crippen molar-refractivity contribution in [3.8, 4) is 0 Å². The molecule has 0 saturated carbocycles. The number of anilines is 1. The first-order valence-corrected chi connectivity index (χ1v) is 11.6. The van der Waals surface area contributed by atoms with Crippen molar-refractivity contribution in [3.05, 3.63) is 34.5 Å². The van der Waals surface area contributed by atoms with Crippen molar-refractivity contribution in [2.24, 2.45) is 5.41 Å². The summed E-state index contributed by atoms with van der Waals surface area (Å²) in [5, 5.41) is 7.33. The average molecular weight is 442 g/mol. The van der Waals surface area contributed by atoms with Crippen molar-refractivity contribution in [1.82, 2.24) is 20.4 Å². The Hall–Kier alpha value is -2.48. The van der Waals surface area contributed by atoms with Crippen LogP contribution in [0.5, 0.6) is 0 Å². The molecule has 3 heterocycles. The highest BCUT2D eigenvalue weighted by molar-refractivity contribution is 5.96. The highest BCUT2D eigenvalue weighted by atomic mass is 16.5. The number of nitrogens with zero attached hydrogens (tertiary/aromatic N) is 4. The van der Waals surface area contributed by atoms with Gasteiger partial charge in [-0.3, -0.25) is 4.79 Å². The summed E-state index contributed by atoms with van der Waals surface area (Å²) in [5.74, 6) is 1.24. The molecule has 1 amide bonds. The maximum atomic E-state index is 13.3. The Morgan fingerprint density at radius 3 is 2.59 bits per heavy atom. The molecule has 0 spiro atoms. The van der Waals surface area contributed by atoms with Crippen molar-refractivity contribution in [2.45, 2.75) is 85.5 Å². The number of ether oxygens (including phenoxy) is 1. The average Bonchev–Trinajstić information content (AvgIpc) is 3.07. The molecular formula is C24H35N5O3. The molecule has 0 radical (unpaired) electrons. The molecule has 8 heteroatoms. The highest BCUT2D eigenvalue weighted by Gasteiger charge is 2.36. The molecule has 1 aliphatic heterocycles. The Kier molecular flexibility index (Phi) is 6.00. The number of fused-ring (bicyclic) bond motifs is 1. The summed E-state index contributed by atoms with van der Waals surface area (Å²) >= 11 is 0. The second kappa shape index (κ2) is 8.46. The minimum atomic E-state index is -0.160. The number of morpholine rings is 1. The molecular weight excluding hydrogens is 406 g/mol. The molecule has 1 saturated heterocycles. The van der Waals surface area contributed by atoms with E-state index in [4.69, 9.17) is 19.2 Å². The number of rotatable bonds is 4. The van der Waals surface area contributed by atoms with Crippen LogP contribution in [0.2, 0.25) is 0 Å². The van der Waals surface area contributed by atoms with Crippen molar-refractivity contribution in [1.29, 1.82) is 0 Å². The lowest BCUT2D eigenvalue weighted by Crippen LogP contribution is -2.46. The van der Waals surface area contributed by atoms with Crippen LogP contribution in [0.1, 0.15) is 93.0 Å². The van der Waals surface area contributed by atoms with E-state index in [0.29, 0.717) is 17.0 Å².